The van der Waals surface area contributed by atoms with E-state index < -0.39 is 0 Å². The fourth-order valence-corrected chi connectivity index (χ4v) is 2.70. The van der Waals surface area contributed by atoms with Gasteiger partial charge in [0.25, 0.3) is 0 Å². The van der Waals surface area contributed by atoms with E-state index >= 15 is 0 Å². The molecule has 2 rings (SSSR count). The first-order valence-corrected chi connectivity index (χ1v) is 7.61. The van der Waals surface area contributed by atoms with E-state index in [1.54, 1.807) is 0 Å². The molecule has 0 atom stereocenters. The van der Waals surface area contributed by atoms with Crippen LogP contribution in [0.1, 0.15) is 31.6 Å². The lowest BCUT2D eigenvalue weighted by atomic mass is 10.3. The van der Waals surface area contributed by atoms with Crippen LogP contribution in [0.25, 0.3) is 0 Å². The summed E-state index contributed by atoms with van der Waals surface area (Å²) in [4.78, 5) is 4.02. The highest BCUT2D eigenvalue weighted by Crippen LogP contribution is 2.27. The number of thiophene rings is 1. The molecule has 96 valence electrons. The molecule has 0 unspecified atom stereocenters. The number of nitrogens with zero attached hydrogens (tertiary/aromatic N) is 1. The zero-order chi connectivity index (χ0) is 12.1. The summed E-state index contributed by atoms with van der Waals surface area (Å²) in [7, 11) is 0. The van der Waals surface area contributed by atoms with Gasteiger partial charge in [0.05, 0.1) is 0 Å². The third-order valence-electron chi connectivity index (χ3n) is 3.38. The monoisotopic (exact) mass is 252 g/mol. The summed E-state index contributed by atoms with van der Waals surface area (Å²) in [6.45, 7) is 9.18. The van der Waals surface area contributed by atoms with Crippen molar-refractivity contribution in [1.82, 2.24) is 10.2 Å². The van der Waals surface area contributed by atoms with E-state index in [1.165, 1.54) is 24.3 Å². The molecule has 0 radical (unpaired) electrons. The van der Waals surface area contributed by atoms with Gasteiger partial charge in [-0.3, -0.25) is 4.90 Å². The van der Waals surface area contributed by atoms with Crippen LogP contribution in [0.5, 0.6) is 0 Å². The van der Waals surface area contributed by atoms with Crippen molar-refractivity contribution in [1.29, 1.82) is 0 Å². The third-order valence-corrected chi connectivity index (χ3v) is 4.24. The summed E-state index contributed by atoms with van der Waals surface area (Å²) in [6.07, 6.45) is 2.88. The van der Waals surface area contributed by atoms with Crippen LogP contribution in [-0.2, 0) is 6.54 Å². The van der Waals surface area contributed by atoms with Crippen LogP contribution in [-0.4, -0.2) is 30.6 Å². The smallest absolute Gasteiger partial charge is 0.0331 e. The Balaban J connectivity index is 1.68. The predicted octanol–water partition coefficient (Wildman–Crippen LogP) is 2.96. The molecular formula is C14H24N2S. The van der Waals surface area contributed by atoms with Gasteiger partial charge in [-0.2, -0.15) is 0 Å². The number of rotatable bonds is 8. The lowest BCUT2D eigenvalue weighted by Crippen LogP contribution is -2.36. The SMILES string of the molecule is CC(C)N(CCNCC1CC1)Cc1cccs1. The molecule has 0 spiro atoms. The van der Waals surface area contributed by atoms with Crippen LogP contribution in [0.2, 0.25) is 0 Å². The highest BCUT2D eigenvalue weighted by Gasteiger charge is 2.20. The van der Waals surface area contributed by atoms with Crippen LogP contribution in [0.3, 0.4) is 0 Å². The second-order valence-corrected chi connectivity index (χ2v) is 6.32. The predicted molar refractivity (Wildman–Crippen MR) is 75.5 cm³/mol. The van der Waals surface area contributed by atoms with Crippen molar-refractivity contribution in [2.75, 3.05) is 19.6 Å². The van der Waals surface area contributed by atoms with Gasteiger partial charge < -0.3 is 5.32 Å². The second-order valence-electron chi connectivity index (χ2n) is 5.29. The Morgan fingerprint density at radius 3 is 2.88 bits per heavy atom. The molecule has 3 heteroatoms. The Bertz CT molecular complexity index is 304. The first-order valence-electron chi connectivity index (χ1n) is 6.73. The van der Waals surface area contributed by atoms with Crippen LogP contribution in [0.15, 0.2) is 17.5 Å². The van der Waals surface area contributed by atoms with Crippen LogP contribution >= 0.6 is 11.3 Å². The third kappa shape index (κ3) is 4.78. The molecule has 0 bridgehead atoms. The molecule has 1 fully saturated rings. The van der Waals surface area contributed by atoms with Gasteiger partial charge in [-0.25, -0.2) is 0 Å². The molecule has 0 amide bonds. The van der Waals surface area contributed by atoms with Crippen molar-refractivity contribution in [2.45, 2.75) is 39.3 Å². The molecule has 17 heavy (non-hydrogen) atoms. The van der Waals surface area contributed by atoms with Gasteiger partial charge in [-0.15, -0.1) is 11.3 Å². The van der Waals surface area contributed by atoms with E-state index in [2.05, 4.69) is 41.6 Å². The number of nitrogens with one attached hydrogen (secondary N) is 1. The zero-order valence-corrected chi connectivity index (χ0v) is 11.8. The maximum absolute atomic E-state index is 3.57. The second kappa shape index (κ2) is 6.53. The van der Waals surface area contributed by atoms with E-state index in [9.17, 15) is 0 Å². The molecule has 1 N–H and O–H groups in total. The van der Waals surface area contributed by atoms with Crippen molar-refractivity contribution < 1.29 is 0 Å². The minimum Gasteiger partial charge on any atom is -0.315 e. The van der Waals surface area contributed by atoms with E-state index in [1.807, 2.05) is 11.3 Å². The maximum Gasteiger partial charge on any atom is 0.0331 e. The Morgan fingerprint density at radius 1 is 1.47 bits per heavy atom. The minimum absolute atomic E-state index is 0.625. The fraction of sp³-hybridized carbons (Fsp3) is 0.714. The highest BCUT2D eigenvalue weighted by atomic mass is 32.1. The molecular weight excluding hydrogens is 228 g/mol. The van der Waals surface area contributed by atoms with Crippen LogP contribution < -0.4 is 5.32 Å². The van der Waals surface area contributed by atoms with E-state index in [0.29, 0.717) is 6.04 Å². The van der Waals surface area contributed by atoms with Crippen molar-refractivity contribution in [2.24, 2.45) is 5.92 Å². The molecule has 0 aromatic carbocycles. The highest BCUT2D eigenvalue weighted by molar-refractivity contribution is 7.09. The molecule has 0 aliphatic heterocycles. The minimum atomic E-state index is 0.625. The molecule has 1 aliphatic carbocycles. The molecule has 0 saturated heterocycles. The molecule has 1 aliphatic rings. The topological polar surface area (TPSA) is 15.3 Å². The van der Waals surface area contributed by atoms with Crippen molar-refractivity contribution in [3.63, 3.8) is 0 Å². The van der Waals surface area contributed by atoms with E-state index in [-0.39, 0.29) is 0 Å². The van der Waals surface area contributed by atoms with Crippen molar-refractivity contribution in [3.05, 3.63) is 22.4 Å². The average molecular weight is 252 g/mol. The average Bonchev–Trinajstić information content (AvgIpc) is 2.98. The first-order chi connectivity index (χ1) is 8.25. The van der Waals surface area contributed by atoms with E-state index in [4.69, 9.17) is 0 Å². The van der Waals surface area contributed by atoms with Crippen molar-refractivity contribution in [3.8, 4) is 0 Å². The molecule has 2 nitrogen and oxygen atoms in total. The van der Waals surface area contributed by atoms with Gasteiger partial charge >= 0.3 is 0 Å². The van der Waals surface area contributed by atoms with Crippen LogP contribution in [0, 0.1) is 5.92 Å². The Kier molecular flexibility index (Phi) is 5.01. The summed E-state index contributed by atoms with van der Waals surface area (Å²) in [5.41, 5.74) is 0. The quantitative estimate of drug-likeness (QED) is 0.716. The zero-order valence-electron chi connectivity index (χ0n) is 11.0. The van der Waals surface area contributed by atoms with Crippen LogP contribution in [0.4, 0.5) is 0 Å². The van der Waals surface area contributed by atoms with E-state index in [0.717, 1.165) is 25.6 Å². The first kappa shape index (κ1) is 13.1. The Morgan fingerprint density at radius 2 is 2.29 bits per heavy atom. The summed E-state index contributed by atoms with van der Waals surface area (Å²) in [6, 6.07) is 5.00. The largest absolute Gasteiger partial charge is 0.315 e. The molecule has 1 saturated carbocycles. The molecule has 1 heterocycles. The van der Waals surface area contributed by atoms with Gasteiger partial charge in [0.1, 0.15) is 0 Å². The van der Waals surface area contributed by atoms with Gasteiger partial charge in [0.15, 0.2) is 0 Å². The Labute approximate surface area is 109 Å². The molecule has 1 aromatic rings. The van der Waals surface area contributed by atoms with Gasteiger partial charge in [-0.1, -0.05) is 6.07 Å². The lowest BCUT2D eigenvalue weighted by molar-refractivity contribution is 0.215. The van der Waals surface area contributed by atoms with Crippen molar-refractivity contribution >= 4 is 11.3 Å². The van der Waals surface area contributed by atoms with Gasteiger partial charge in [0, 0.05) is 30.6 Å². The Hall–Kier alpha value is -0.380. The number of hydrogen-bond acceptors (Lipinski definition) is 3. The summed E-state index contributed by atoms with van der Waals surface area (Å²) in [5.74, 6) is 0.986. The van der Waals surface area contributed by atoms with Gasteiger partial charge in [0.2, 0.25) is 0 Å². The normalized spacial score (nSPS) is 16.0. The summed E-state index contributed by atoms with van der Waals surface area (Å²) >= 11 is 1.86. The van der Waals surface area contributed by atoms with Gasteiger partial charge in [-0.05, 0) is 50.6 Å². The summed E-state index contributed by atoms with van der Waals surface area (Å²) in [5, 5.41) is 5.74. The maximum atomic E-state index is 3.57. The standard InChI is InChI=1S/C14H24N2S/c1-12(2)16(11-14-4-3-9-17-14)8-7-15-10-13-5-6-13/h3-4,9,12-13,15H,5-8,10-11H2,1-2H3. The summed E-state index contributed by atoms with van der Waals surface area (Å²) < 4.78 is 0. The number of hydrogen-bond donors (Lipinski definition) is 1. The lowest BCUT2D eigenvalue weighted by Gasteiger charge is -2.26. The molecule has 1 aromatic heterocycles. The fourth-order valence-electron chi connectivity index (χ4n) is 1.97.